The fourth-order valence-corrected chi connectivity index (χ4v) is 4.98. The van der Waals surface area contributed by atoms with Crippen LogP contribution in [0.25, 0.3) is 0 Å². The summed E-state index contributed by atoms with van der Waals surface area (Å²) in [7, 11) is 0. The zero-order chi connectivity index (χ0) is 22.2. The van der Waals surface area contributed by atoms with Gasteiger partial charge in [-0.3, -0.25) is 14.5 Å². The molecule has 4 rings (SSSR count). The first-order valence-corrected chi connectivity index (χ1v) is 12.3. The van der Waals surface area contributed by atoms with Crippen molar-refractivity contribution in [3.05, 3.63) is 23.9 Å². The highest BCUT2D eigenvalue weighted by atomic mass is 16.5. The lowest BCUT2D eigenvalue weighted by Gasteiger charge is -2.35. The number of nitrogens with one attached hydrogen (secondary N) is 1. The first-order valence-electron chi connectivity index (χ1n) is 12.3. The maximum absolute atomic E-state index is 13.3. The summed E-state index contributed by atoms with van der Waals surface area (Å²) < 4.78 is 5.41. The van der Waals surface area contributed by atoms with E-state index in [4.69, 9.17) is 4.74 Å². The third kappa shape index (κ3) is 6.19. The zero-order valence-electron chi connectivity index (χ0n) is 19.1. The Morgan fingerprint density at radius 1 is 0.969 bits per heavy atom. The molecule has 8 nitrogen and oxygen atoms in total. The quantitative estimate of drug-likeness (QED) is 0.752. The highest BCUT2D eigenvalue weighted by Gasteiger charge is 2.25. The lowest BCUT2D eigenvalue weighted by atomic mass is 9.98. The van der Waals surface area contributed by atoms with Crippen LogP contribution in [0.5, 0.6) is 0 Å². The van der Waals surface area contributed by atoms with Gasteiger partial charge in [0, 0.05) is 57.9 Å². The molecule has 4 heterocycles. The van der Waals surface area contributed by atoms with Crippen LogP contribution in [0.15, 0.2) is 18.3 Å². The van der Waals surface area contributed by atoms with Crippen LogP contribution in [-0.4, -0.2) is 91.7 Å². The van der Waals surface area contributed by atoms with Crippen molar-refractivity contribution in [3.8, 4) is 0 Å². The van der Waals surface area contributed by atoms with Crippen LogP contribution < -0.4 is 10.2 Å². The number of aromatic nitrogens is 1. The summed E-state index contributed by atoms with van der Waals surface area (Å²) in [4.78, 5) is 36.8. The SMILES string of the molecule is O=C1CC2CCCCN2CCCN(C(=O)c2ccc(N3CCOCC3)nc2)CCCCN1. The molecule has 0 saturated carbocycles. The van der Waals surface area contributed by atoms with Crippen molar-refractivity contribution in [2.75, 3.05) is 63.9 Å². The number of amides is 2. The van der Waals surface area contributed by atoms with E-state index in [-0.39, 0.29) is 11.8 Å². The number of pyridine rings is 1. The molecule has 32 heavy (non-hydrogen) atoms. The van der Waals surface area contributed by atoms with Gasteiger partial charge in [0.15, 0.2) is 0 Å². The van der Waals surface area contributed by atoms with E-state index in [1.807, 2.05) is 17.0 Å². The minimum atomic E-state index is 0.0557. The van der Waals surface area contributed by atoms with Crippen molar-refractivity contribution >= 4 is 17.6 Å². The van der Waals surface area contributed by atoms with Crippen molar-refractivity contribution in [1.82, 2.24) is 20.1 Å². The van der Waals surface area contributed by atoms with E-state index in [0.29, 0.717) is 44.3 Å². The number of piperidine rings is 1. The molecule has 1 N–H and O–H groups in total. The minimum absolute atomic E-state index is 0.0557. The van der Waals surface area contributed by atoms with Gasteiger partial charge >= 0.3 is 0 Å². The molecule has 0 spiro atoms. The highest BCUT2D eigenvalue weighted by molar-refractivity contribution is 5.94. The number of ether oxygens (including phenoxy) is 1. The summed E-state index contributed by atoms with van der Waals surface area (Å²) >= 11 is 0. The van der Waals surface area contributed by atoms with E-state index >= 15 is 0 Å². The lowest BCUT2D eigenvalue weighted by Crippen LogP contribution is -2.44. The molecule has 0 aromatic carbocycles. The van der Waals surface area contributed by atoms with Gasteiger partial charge in [-0.25, -0.2) is 4.98 Å². The second-order valence-corrected chi connectivity index (χ2v) is 9.10. The molecule has 0 bridgehead atoms. The molecule has 3 aliphatic rings. The van der Waals surface area contributed by atoms with Gasteiger partial charge in [-0.2, -0.15) is 0 Å². The molecule has 1 aromatic heterocycles. The average Bonchev–Trinajstić information content (AvgIpc) is 2.85. The maximum Gasteiger partial charge on any atom is 0.255 e. The highest BCUT2D eigenvalue weighted by Crippen LogP contribution is 2.21. The molecule has 1 aromatic rings. The Bertz CT molecular complexity index is 751. The van der Waals surface area contributed by atoms with Crippen LogP contribution >= 0.6 is 0 Å². The molecule has 2 amide bonds. The molecule has 1 atom stereocenters. The Morgan fingerprint density at radius 2 is 1.75 bits per heavy atom. The number of carbonyl (C=O) groups is 2. The van der Waals surface area contributed by atoms with Gasteiger partial charge in [0.25, 0.3) is 5.91 Å². The first kappa shape index (κ1) is 23.0. The van der Waals surface area contributed by atoms with E-state index in [1.165, 1.54) is 12.8 Å². The van der Waals surface area contributed by atoms with Gasteiger partial charge in [0.1, 0.15) is 5.82 Å². The molecular formula is C24H37N5O3. The Kier molecular flexibility index (Phi) is 8.34. The summed E-state index contributed by atoms with van der Waals surface area (Å²) in [5.41, 5.74) is 0.649. The zero-order valence-corrected chi connectivity index (χ0v) is 19.1. The Balaban J connectivity index is 1.39. The molecule has 8 heteroatoms. The van der Waals surface area contributed by atoms with Crippen LogP contribution in [0.2, 0.25) is 0 Å². The number of hydrogen-bond donors (Lipinski definition) is 1. The van der Waals surface area contributed by atoms with E-state index in [1.54, 1.807) is 6.20 Å². The van der Waals surface area contributed by atoms with Crippen LogP contribution in [-0.2, 0) is 9.53 Å². The normalized spacial score (nSPS) is 24.5. The fraction of sp³-hybridized carbons (Fsp3) is 0.708. The van der Waals surface area contributed by atoms with Crippen LogP contribution in [0.1, 0.15) is 55.3 Å². The summed E-state index contributed by atoms with van der Waals surface area (Å²) in [5.74, 6) is 1.13. The average molecular weight is 444 g/mol. The van der Waals surface area contributed by atoms with Crippen molar-refractivity contribution in [3.63, 3.8) is 0 Å². The van der Waals surface area contributed by atoms with Crippen LogP contribution in [0.3, 0.4) is 0 Å². The Morgan fingerprint density at radius 3 is 2.56 bits per heavy atom. The van der Waals surface area contributed by atoms with Gasteiger partial charge in [-0.1, -0.05) is 6.42 Å². The topological polar surface area (TPSA) is 78.0 Å². The number of anilines is 1. The van der Waals surface area contributed by atoms with Crippen molar-refractivity contribution < 1.29 is 14.3 Å². The Hall–Kier alpha value is -2.19. The van der Waals surface area contributed by atoms with E-state index in [9.17, 15) is 9.59 Å². The van der Waals surface area contributed by atoms with Gasteiger partial charge in [-0.15, -0.1) is 0 Å². The van der Waals surface area contributed by atoms with Gasteiger partial charge < -0.3 is 19.9 Å². The Labute approximate surface area is 191 Å². The maximum atomic E-state index is 13.3. The van der Waals surface area contributed by atoms with Gasteiger partial charge in [-0.05, 0) is 50.8 Å². The summed E-state index contributed by atoms with van der Waals surface area (Å²) in [6, 6.07) is 4.19. The minimum Gasteiger partial charge on any atom is -0.378 e. The summed E-state index contributed by atoms with van der Waals surface area (Å²) in [5, 5.41) is 3.07. The number of morpholine rings is 1. The second-order valence-electron chi connectivity index (χ2n) is 9.10. The molecule has 3 saturated heterocycles. The fourth-order valence-electron chi connectivity index (χ4n) is 4.98. The third-order valence-corrected chi connectivity index (χ3v) is 6.84. The number of fused-ring (bicyclic) bond motifs is 1. The van der Waals surface area contributed by atoms with Gasteiger partial charge in [0.2, 0.25) is 5.91 Å². The summed E-state index contributed by atoms with van der Waals surface area (Å²) in [6.07, 6.45) is 8.52. The van der Waals surface area contributed by atoms with E-state index in [0.717, 1.165) is 64.2 Å². The molecule has 176 valence electrons. The van der Waals surface area contributed by atoms with E-state index in [2.05, 4.69) is 20.1 Å². The molecular weight excluding hydrogens is 406 g/mol. The monoisotopic (exact) mass is 443 g/mol. The van der Waals surface area contributed by atoms with E-state index < -0.39 is 0 Å². The number of hydrogen-bond acceptors (Lipinski definition) is 6. The van der Waals surface area contributed by atoms with Crippen molar-refractivity contribution in [2.24, 2.45) is 0 Å². The number of rotatable bonds is 2. The third-order valence-electron chi connectivity index (χ3n) is 6.84. The largest absolute Gasteiger partial charge is 0.378 e. The lowest BCUT2D eigenvalue weighted by molar-refractivity contribution is -0.122. The van der Waals surface area contributed by atoms with Crippen molar-refractivity contribution in [2.45, 2.75) is 51.0 Å². The second kappa shape index (κ2) is 11.6. The van der Waals surface area contributed by atoms with Crippen molar-refractivity contribution in [1.29, 1.82) is 0 Å². The molecule has 3 aliphatic heterocycles. The molecule has 0 radical (unpaired) electrons. The van der Waals surface area contributed by atoms with Crippen LogP contribution in [0, 0.1) is 0 Å². The number of carbonyl (C=O) groups excluding carboxylic acids is 2. The molecule has 3 fully saturated rings. The first-order chi connectivity index (χ1) is 15.7. The van der Waals surface area contributed by atoms with Gasteiger partial charge in [0.05, 0.1) is 18.8 Å². The summed E-state index contributed by atoms with van der Waals surface area (Å²) in [6.45, 7) is 7.24. The standard InChI is InChI=1S/C24H37N5O3/c30-23-18-21-6-1-3-10-27(21)12-5-13-29(11-4-2-9-25-23)24(31)20-7-8-22(26-19-20)28-14-16-32-17-15-28/h7-8,19,21H,1-6,9-18H2,(H,25,30). The molecule has 1 unspecified atom stereocenters. The number of nitrogens with zero attached hydrogens (tertiary/aromatic N) is 4. The predicted molar refractivity (Wildman–Crippen MR) is 124 cm³/mol. The predicted octanol–water partition coefficient (Wildman–Crippen LogP) is 1.91. The van der Waals surface area contributed by atoms with Crippen LogP contribution in [0.4, 0.5) is 5.82 Å². The molecule has 0 aliphatic carbocycles. The smallest absolute Gasteiger partial charge is 0.255 e.